The van der Waals surface area contributed by atoms with Gasteiger partial charge in [-0.2, -0.15) is 4.39 Å². The van der Waals surface area contributed by atoms with Gasteiger partial charge in [0.15, 0.2) is 0 Å². The van der Waals surface area contributed by atoms with Crippen LogP contribution in [0.3, 0.4) is 0 Å². The Balaban J connectivity index is 3.43. The molecular weight excluding hydrogens is 133 g/mol. The van der Waals surface area contributed by atoms with Crippen molar-refractivity contribution in [3.8, 4) is 0 Å². The van der Waals surface area contributed by atoms with Crippen molar-refractivity contribution < 1.29 is 18.0 Å². The number of alkyl halides is 2. The smallest absolute Gasteiger partial charge is 0.261 e. The number of hydrogen-bond donors (Lipinski definition) is 0. The minimum absolute atomic E-state index is 0.646. The molecule has 54 valence electrons. The second-order valence-corrected chi connectivity index (χ2v) is 1.73. The topological polar surface area (TPSA) is 17.1 Å². The van der Waals surface area contributed by atoms with Gasteiger partial charge in [-0.3, -0.25) is 13.6 Å². The van der Waals surface area contributed by atoms with Crippen LogP contribution in [-0.4, -0.2) is 19.4 Å². The first-order valence-corrected chi connectivity index (χ1v) is 2.51. The van der Waals surface area contributed by atoms with Gasteiger partial charge in [0.25, 0.3) is 0 Å². The Morgan fingerprint density at radius 1 is 1.33 bits per heavy atom. The minimum atomic E-state index is -1.66. The quantitative estimate of drug-likeness (QED) is 0.540. The van der Waals surface area contributed by atoms with Crippen molar-refractivity contribution >= 4 is 6.04 Å². The van der Waals surface area contributed by atoms with Crippen LogP contribution in [0.1, 0.15) is 6.42 Å². The van der Waals surface area contributed by atoms with Crippen molar-refractivity contribution in [2.24, 2.45) is 5.92 Å². The van der Waals surface area contributed by atoms with Crippen LogP contribution in [0.2, 0.25) is 0 Å². The number of hydrogen-bond acceptors (Lipinski definition) is 1. The molecule has 0 aromatic heterocycles. The Bertz CT molecular complexity index is 90.2. The highest BCUT2D eigenvalue weighted by atomic mass is 19.1. The summed E-state index contributed by atoms with van der Waals surface area (Å²) in [5.74, 6) is -1.08. The molecule has 0 heterocycles. The summed E-state index contributed by atoms with van der Waals surface area (Å²) < 4.78 is 34.3. The molecule has 0 aliphatic carbocycles. The Morgan fingerprint density at radius 3 is 1.89 bits per heavy atom. The van der Waals surface area contributed by atoms with Crippen LogP contribution in [0.15, 0.2) is 0 Å². The fourth-order valence-corrected chi connectivity index (χ4v) is 0.377. The second kappa shape index (κ2) is 4.35. The van der Waals surface area contributed by atoms with Crippen molar-refractivity contribution in [2.45, 2.75) is 6.42 Å². The summed E-state index contributed by atoms with van der Waals surface area (Å²) in [5, 5.41) is 0. The standard InChI is InChI=1S/C5H7F3O/c6-2-4(3-7)1-5(8)9/h4H,1-3H2. The molecule has 0 unspecified atom stereocenters. The molecule has 0 atom stereocenters. The van der Waals surface area contributed by atoms with E-state index in [0.29, 0.717) is 0 Å². The fraction of sp³-hybridized carbons (Fsp3) is 0.800. The highest BCUT2D eigenvalue weighted by Crippen LogP contribution is 2.05. The molecule has 0 aliphatic heterocycles. The Labute approximate surface area is 50.9 Å². The maximum absolute atomic E-state index is 11.5. The van der Waals surface area contributed by atoms with Crippen LogP contribution in [0, 0.1) is 5.92 Å². The molecule has 0 aromatic carbocycles. The Kier molecular flexibility index (Phi) is 4.09. The molecular formula is C5H7F3O. The first-order valence-electron chi connectivity index (χ1n) is 2.51. The van der Waals surface area contributed by atoms with Gasteiger partial charge in [0.05, 0.1) is 13.3 Å². The van der Waals surface area contributed by atoms with E-state index in [9.17, 15) is 18.0 Å². The van der Waals surface area contributed by atoms with E-state index < -0.39 is 31.7 Å². The van der Waals surface area contributed by atoms with Gasteiger partial charge in [-0.1, -0.05) is 0 Å². The highest BCUT2D eigenvalue weighted by molar-refractivity contribution is 5.68. The van der Waals surface area contributed by atoms with E-state index in [4.69, 9.17) is 0 Å². The van der Waals surface area contributed by atoms with Gasteiger partial charge in [-0.15, -0.1) is 0 Å². The zero-order valence-electron chi connectivity index (χ0n) is 4.74. The van der Waals surface area contributed by atoms with Gasteiger partial charge in [-0.05, 0) is 0 Å². The Hall–Kier alpha value is -0.540. The van der Waals surface area contributed by atoms with E-state index in [1.54, 1.807) is 0 Å². The molecule has 0 radical (unpaired) electrons. The summed E-state index contributed by atoms with van der Waals surface area (Å²) in [6, 6.07) is -1.66. The molecule has 0 spiro atoms. The normalized spacial score (nSPS) is 10.2. The third-order valence-corrected chi connectivity index (χ3v) is 0.886. The van der Waals surface area contributed by atoms with E-state index in [1.807, 2.05) is 0 Å². The molecule has 0 saturated heterocycles. The first-order chi connectivity index (χ1) is 4.20. The van der Waals surface area contributed by atoms with Gasteiger partial charge in [0.1, 0.15) is 0 Å². The molecule has 1 nitrogen and oxygen atoms in total. The lowest BCUT2D eigenvalue weighted by molar-refractivity contribution is -0.130. The minimum Gasteiger partial charge on any atom is -0.261 e. The lowest BCUT2D eigenvalue weighted by Crippen LogP contribution is -2.08. The summed E-state index contributed by atoms with van der Waals surface area (Å²) in [5.41, 5.74) is 0. The monoisotopic (exact) mass is 140 g/mol. The van der Waals surface area contributed by atoms with E-state index >= 15 is 0 Å². The van der Waals surface area contributed by atoms with Crippen LogP contribution in [-0.2, 0) is 4.79 Å². The summed E-state index contributed by atoms with van der Waals surface area (Å²) in [4.78, 5) is 9.57. The predicted molar refractivity (Wildman–Crippen MR) is 26.2 cm³/mol. The highest BCUT2D eigenvalue weighted by Gasteiger charge is 2.12. The molecule has 0 bridgehead atoms. The van der Waals surface area contributed by atoms with Crippen LogP contribution < -0.4 is 0 Å². The van der Waals surface area contributed by atoms with Crippen molar-refractivity contribution in [1.82, 2.24) is 0 Å². The third-order valence-electron chi connectivity index (χ3n) is 0.886. The van der Waals surface area contributed by atoms with E-state index in [-0.39, 0.29) is 0 Å². The largest absolute Gasteiger partial charge is 0.301 e. The van der Waals surface area contributed by atoms with Crippen molar-refractivity contribution in [3.63, 3.8) is 0 Å². The molecule has 0 fully saturated rings. The van der Waals surface area contributed by atoms with E-state index in [1.165, 1.54) is 0 Å². The van der Waals surface area contributed by atoms with Crippen molar-refractivity contribution in [1.29, 1.82) is 0 Å². The molecule has 0 aliphatic rings. The van der Waals surface area contributed by atoms with E-state index in [2.05, 4.69) is 0 Å². The molecule has 0 saturated carbocycles. The SMILES string of the molecule is O=C(F)CC(CF)CF. The number of rotatable bonds is 4. The summed E-state index contributed by atoms with van der Waals surface area (Å²) >= 11 is 0. The molecule has 9 heavy (non-hydrogen) atoms. The number of carbonyl (C=O) groups is 1. The summed E-state index contributed by atoms with van der Waals surface area (Å²) in [6.07, 6.45) is -0.646. The maximum atomic E-state index is 11.5. The molecule has 4 heteroatoms. The fourth-order valence-electron chi connectivity index (χ4n) is 0.377. The maximum Gasteiger partial charge on any atom is 0.301 e. The molecule has 0 amide bonds. The van der Waals surface area contributed by atoms with E-state index in [0.717, 1.165) is 0 Å². The number of carbonyl (C=O) groups excluding carboxylic acids is 1. The Morgan fingerprint density at radius 2 is 1.78 bits per heavy atom. The van der Waals surface area contributed by atoms with Crippen molar-refractivity contribution in [2.75, 3.05) is 13.3 Å². The van der Waals surface area contributed by atoms with Gasteiger partial charge in [0, 0.05) is 12.3 Å². The summed E-state index contributed by atoms with van der Waals surface area (Å²) in [6.45, 7) is -1.96. The summed E-state index contributed by atoms with van der Waals surface area (Å²) in [7, 11) is 0. The third kappa shape index (κ3) is 4.00. The van der Waals surface area contributed by atoms with Crippen LogP contribution in [0.4, 0.5) is 13.2 Å². The zero-order valence-corrected chi connectivity index (χ0v) is 4.74. The van der Waals surface area contributed by atoms with Gasteiger partial charge >= 0.3 is 6.04 Å². The first kappa shape index (κ1) is 8.46. The number of halogens is 3. The van der Waals surface area contributed by atoms with Crippen molar-refractivity contribution in [3.05, 3.63) is 0 Å². The molecule has 0 N–H and O–H groups in total. The van der Waals surface area contributed by atoms with Crippen LogP contribution >= 0.6 is 0 Å². The van der Waals surface area contributed by atoms with Gasteiger partial charge < -0.3 is 0 Å². The molecule has 0 rings (SSSR count). The lowest BCUT2D eigenvalue weighted by atomic mass is 10.1. The van der Waals surface area contributed by atoms with Gasteiger partial charge in [0.2, 0.25) is 0 Å². The van der Waals surface area contributed by atoms with Crippen LogP contribution in [0.5, 0.6) is 0 Å². The average Bonchev–Trinajstić information content (AvgIpc) is 1.82. The lowest BCUT2D eigenvalue weighted by Gasteiger charge is -2.01. The zero-order chi connectivity index (χ0) is 7.28. The molecule has 0 aromatic rings. The average molecular weight is 140 g/mol. The van der Waals surface area contributed by atoms with Gasteiger partial charge in [-0.25, -0.2) is 0 Å². The predicted octanol–water partition coefficient (Wildman–Crippen LogP) is 1.43. The second-order valence-electron chi connectivity index (χ2n) is 1.73. The van der Waals surface area contributed by atoms with Crippen LogP contribution in [0.25, 0.3) is 0 Å².